The molecule has 0 fully saturated rings. The summed E-state index contributed by atoms with van der Waals surface area (Å²) >= 11 is 3.59. The summed E-state index contributed by atoms with van der Waals surface area (Å²) in [7, 11) is 0. The van der Waals surface area contributed by atoms with E-state index < -0.39 is 0 Å². The van der Waals surface area contributed by atoms with Crippen LogP contribution in [0.5, 0.6) is 0 Å². The Bertz CT molecular complexity index is 1220. The topological polar surface area (TPSA) is 17.1 Å². The second-order valence-electron chi connectivity index (χ2n) is 7.75. The van der Waals surface area contributed by atoms with E-state index in [1.54, 1.807) is 23.5 Å². The van der Waals surface area contributed by atoms with Gasteiger partial charge in [-0.05, 0) is 83.6 Å². The molecule has 6 rings (SSSR count). The monoisotopic (exact) mass is 422 g/mol. The zero-order valence-corrected chi connectivity index (χ0v) is 17.9. The van der Waals surface area contributed by atoms with Gasteiger partial charge in [0.05, 0.1) is 0 Å². The Hall–Kier alpha value is -2.75. The molecule has 0 saturated carbocycles. The second-order valence-corrected chi connectivity index (χ2v) is 9.91. The summed E-state index contributed by atoms with van der Waals surface area (Å²) in [6, 6.07) is 29.4. The van der Waals surface area contributed by atoms with Crippen LogP contribution in [0.2, 0.25) is 0 Å². The molecule has 0 amide bonds. The molecule has 30 heavy (non-hydrogen) atoms. The van der Waals surface area contributed by atoms with Crippen LogP contribution < -0.4 is 0 Å². The van der Waals surface area contributed by atoms with Crippen molar-refractivity contribution in [2.45, 2.75) is 32.4 Å². The number of benzene rings is 4. The molecule has 144 valence electrons. The van der Waals surface area contributed by atoms with Crippen LogP contribution >= 0.6 is 23.5 Å². The van der Waals surface area contributed by atoms with Gasteiger partial charge < -0.3 is 0 Å². The van der Waals surface area contributed by atoms with Gasteiger partial charge in [-0.1, -0.05) is 59.9 Å². The van der Waals surface area contributed by atoms with Crippen molar-refractivity contribution in [2.75, 3.05) is 0 Å². The van der Waals surface area contributed by atoms with E-state index in [0.717, 1.165) is 24.0 Å². The Balaban J connectivity index is 1.31. The Morgan fingerprint density at radius 2 is 0.967 bits per heavy atom. The standard InChI is InChI=1S/C27H18OS2/c28-27(19-9-11-25-21(15-19)13-17-5-1-3-7-23(17)29-25)20-10-12-26-22(16-20)14-18-6-2-4-8-24(18)30-26/h1-12,15-16H,13-14H2. The highest BCUT2D eigenvalue weighted by Crippen LogP contribution is 2.41. The molecule has 0 aromatic heterocycles. The largest absolute Gasteiger partial charge is 0.289 e. The van der Waals surface area contributed by atoms with E-state index in [-0.39, 0.29) is 5.78 Å². The van der Waals surface area contributed by atoms with Gasteiger partial charge >= 0.3 is 0 Å². The molecule has 0 saturated heterocycles. The lowest BCUT2D eigenvalue weighted by atomic mass is 9.95. The molecule has 0 unspecified atom stereocenters. The third-order valence-electron chi connectivity index (χ3n) is 5.79. The Kier molecular flexibility index (Phi) is 4.33. The van der Waals surface area contributed by atoms with Gasteiger partial charge in [0.25, 0.3) is 0 Å². The highest BCUT2D eigenvalue weighted by molar-refractivity contribution is 7.99. The van der Waals surface area contributed by atoms with Crippen LogP contribution in [-0.2, 0) is 12.8 Å². The van der Waals surface area contributed by atoms with E-state index in [1.807, 2.05) is 12.1 Å². The van der Waals surface area contributed by atoms with Gasteiger partial charge in [-0.15, -0.1) is 0 Å². The Morgan fingerprint density at radius 3 is 1.47 bits per heavy atom. The fraction of sp³-hybridized carbons (Fsp3) is 0.0741. The number of carbonyl (C=O) groups excluding carboxylic acids is 1. The highest BCUT2D eigenvalue weighted by atomic mass is 32.2. The first-order valence-electron chi connectivity index (χ1n) is 10.1. The van der Waals surface area contributed by atoms with Gasteiger partial charge in [0.15, 0.2) is 5.78 Å². The molecule has 3 heteroatoms. The molecule has 0 radical (unpaired) electrons. The first-order valence-corrected chi connectivity index (χ1v) is 11.7. The van der Waals surface area contributed by atoms with E-state index in [9.17, 15) is 4.79 Å². The zero-order valence-electron chi connectivity index (χ0n) is 16.2. The third kappa shape index (κ3) is 3.10. The van der Waals surface area contributed by atoms with Crippen LogP contribution in [-0.4, -0.2) is 5.78 Å². The molecule has 4 aromatic carbocycles. The maximum absolute atomic E-state index is 13.3. The van der Waals surface area contributed by atoms with E-state index in [1.165, 1.54) is 41.8 Å². The summed E-state index contributed by atoms with van der Waals surface area (Å²) in [5.74, 6) is 0.105. The molecule has 0 N–H and O–H groups in total. The van der Waals surface area contributed by atoms with Crippen LogP contribution in [0.4, 0.5) is 0 Å². The molecule has 2 aliphatic heterocycles. The van der Waals surface area contributed by atoms with Gasteiger partial charge in [0.2, 0.25) is 0 Å². The lowest BCUT2D eigenvalue weighted by molar-refractivity contribution is 0.103. The van der Waals surface area contributed by atoms with Gasteiger partial charge in [-0.3, -0.25) is 4.79 Å². The minimum absolute atomic E-state index is 0.105. The molecule has 0 atom stereocenters. The van der Waals surface area contributed by atoms with Crippen molar-refractivity contribution in [3.8, 4) is 0 Å². The van der Waals surface area contributed by atoms with Crippen molar-refractivity contribution in [1.29, 1.82) is 0 Å². The van der Waals surface area contributed by atoms with E-state index in [2.05, 4.69) is 72.8 Å². The quantitative estimate of drug-likeness (QED) is 0.279. The van der Waals surface area contributed by atoms with Crippen molar-refractivity contribution in [2.24, 2.45) is 0 Å². The molecule has 2 heterocycles. The predicted octanol–water partition coefficient (Wildman–Crippen LogP) is 7.03. The van der Waals surface area contributed by atoms with Crippen molar-refractivity contribution in [1.82, 2.24) is 0 Å². The first-order chi connectivity index (χ1) is 14.7. The lowest BCUT2D eigenvalue weighted by Gasteiger charge is -2.20. The van der Waals surface area contributed by atoms with Crippen molar-refractivity contribution in [3.05, 3.63) is 118 Å². The van der Waals surface area contributed by atoms with Crippen molar-refractivity contribution >= 4 is 29.3 Å². The minimum atomic E-state index is 0.105. The molecule has 0 aliphatic carbocycles. The van der Waals surface area contributed by atoms with Gasteiger partial charge in [-0.25, -0.2) is 0 Å². The third-order valence-corrected chi connectivity index (χ3v) is 8.26. The van der Waals surface area contributed by atoms with Crippen LogP contribution in [0.25, 0.3) is 0 Å². The van der Waals surface area contributed by atoms with E-state index in [0.29, 0.717) is 0 Å². The summed E-state index contributed by atoms with van der Waals surface area (Å²) < 4.78 is 0. The van der Waals surface area contributed by atoms with Gasteiger partial charge in [-0.2, -0.15) is 0 Å². The molecule has 0 spiro atoms. The summed E-state index contributed by atoms with van der Waals surface area (Å²) in [6.45, 7) is 0. The van der Waals surface area contributed by atoms with Crippen LogP contribution in [0.15, 0.2) is 105 Å². The van der Waals surface area contributed by atoms with Gasteiger partial charge in [0, 0.05) is 30.7 Å². The molecule has 0 bridgehead atoms. The average Bonchev–Trinajstić information content (AvgIpc) is 2.80. The summed E-state index contributed by atoms with van der Waals surface area (Å²) in [6.07, 6.45) is 1.77. The maximum atomic E-state index is 13.3. The number of hydrogen-bond acceptors (Lipinski definition) is 3. The Morgan fingerprint density at radius 1 is 0.533 bits per heavy atom. The minimum Gasteiger partial charge on any atom is -0.289 e. The smallest absolute Gasteiger partial charge is 0.193 e. The normalized spacial score (nSPS) is 13.6. The second kappa shape index (κ2) is 7.19. The maximum Gasteiger partial charge on any atom is 0.193 e. The molecule has 2 aliphatic rings. The fourth-order valence-corrected chi connectivity index (χ4v) is 6.34. The molecule has 4 aromatic rings. The van der Waals surface area contributed by atoms with Crippen LogP contribution in [0.1, 0.15) is 38.2 Å². The number of ketones is 1. The average molecular weight is 423 g/mol. The summed E-state index contributed by atoms with van der Waals surface area (Å²) in [4.78, 5) is 18.4. The van der Waals surface area contributed by atoms with E-state index >= 15 is 0 Å². The molecular weight excluding hydrogens is 404 g/mol. The van der Waals surface area contributed by atoms with Crippen LogP contribution in [0.3, 0.4) is 0 Å². The summed E-state index contributed by atoms with van der Waals surface area (Å²) in [5.41, 5.74) is 6.71. The first kappa shape index (κ1) is 18.1. The fourth-order valence-electron chi connectivity index (χ4n) is 4.23. The number of rotatable bonds is 2. The number of carbonyl (C=O) groups is 1. The van der Waals surface area contributed by atoms with Crippen molar-refractivity contribution in [3.63, 3.8) is 0 Å². The number of fused-ring (bicyclic) bond motifs is 4. The van der Waals surface area contributed by atoms with E-state index in [4.69, 9.17) is 0 Å². The highest BCUT2D eigenvalue weighted by Gasteiger charge is 2.20. The Labute approximate surface area is 184 Å². The molecular formula is C27H18OS2. The predicted molar refractivity (Wildman–Crippen MR) is 123 cm³/mol. The summed E-state index contributed by atoms with van der Waals surface area (Å²) in [5, 5.41) is 0. The van der Waals surface area contributed by atoms with Crippen molar-refractivity contribution < 1.29 is 4.79 Å². The van der Waals surface area contributed by atoms with Gasteiger partial charge in [0.1, 0.15) is 0 Å². The molecule has 1 nitrogen and oxygen atoms in total. The zero-order chi connectivity index (χ0) is 20.1. The lowest BCUT2D eigenvalue weighted by Crippen LogP contribution is -2.07. The SMILES string of the molecule is O=C(c1ccc2c(c1)Cc1ccccc1S2)c1ccc2c(c1)Cc1ccccc1S2. The number of hydrogen-bond donors (Lipinski definition) is 0. The van der Waals surface area contributed by atoms with Crippen LogP contribution in [0, 0.1) is 0 Å².